The third kappa shape index (κ3) is 5.35. The summed E-state index contributed by atoms with van der Waals surface area (Å²) in [6.07, 6.45) is -6.61. The summed E-state index contributed by atoms with van der Waals surface area (Å²) < 4.78 is 78.0. The second kappa shape index (κ2) is 8.35. The van der Waals surface area contributed by atoms with Crippen LogP contribution in [0.2, 0.25) is 0 Å². The highest BCUT2D eigenvalue weighted by Crippen LogP contribution is 2.34. The summed E-state index contributed by atoms with van der Waals surface area (Å²) >= 11 is 0. The number of alkyl halides is 6. The smallest absolute Gasteiger partial charge is 0.344 e. The molecular formula is C18H15F6N5. The number of hydrogen-bond donors (Lipinski definition) is 2. The standard InChI is InChI=1S/C18H12F6N4.H3N/c19-17(20,21)12-3-1-5-14(9-12)27-28(16-7-8-25-11-26-16)15-6-2-4-13(10-15)18(22,23)24;/h1-11,27H;1H3. The van der Waals surface area contributed by atoms with Gasteiger partial charge in [-0.1, -0.05) is 12.1 Å². The Morgan fingerprint density at radius 2 is 1.41 bits per heavy atom. The van der Waals surface area contributed by atoms with Gasteiger partial charge in [0.1, 0.15) is 6.33 Å². The predicted octanol–water partition coefficient (Wildman–Crippen LogP) is 5.84. The van der Waals surface area contributed by atoms with Crippen LogP contribution in [0.15, 0.2) is 67.1 Å². The molecule has 3 rings (SSSR count). The number of hydrazine groups is 1. The lowest BCUT2D eigenvalue weighted by atomic mass is 10.2. The number of hydrogen-bond acceptors (Lipinski definition) is 5. The highest BCUT2D eigenvalue weighted by atomic mass is 19.4. The maximum atomic E-state index is 13.1. The van der Waals surface area contributed by atoms with Gasteiger partial charge < -0.3 is 6.15 Å². The Balaban J connectivity index is 0.00000300. The van der Waals surface area contributed by atoms with Crippen molar-refractivity contribution in [2.75, 3.05) is 10.4 Å². The summed E-state index contributed by atoms with van der Waals surface area (Å²) in [5, 5.41) is 1.15. The van der Waals surface area contributed by atoms with Gasteiger partial charge in [0.15, 0.2) is 5.82 Å². The zero-order chi connectivity index (χ0) is 20.4. The number of nitrogens with zero attached hydrogens (tertiary/aromatic N) is 3. The molecule has 0 saturated heterocycles. The topological polar surface area (TPSA) is 76.0 Å². The maximum Gasteiger partial charge on any atom is 0.416 e. The van der Waals surface area contributed by atoms with Crippen LogP contribution in [-0.2, 0) is 12.4 Å². The molecule has 0 aliphatic carbocycles. The van der Waals surface area contributed by atoms with Gasteiger partial charge in [-0.05, 0) is 36.4 Å². The van der Waals surface area contributed by atoms with Gasteiger partial charge in [-0.2, -0.15) is 26.3 Å². The largest absolute Gasteiger partial charge is 0.416 e. The monoisotopic (exact) mass is 415 g/mol. The van der Waals surface area contributed by atoms with Crippen molar-refractivity contribution in [1.29, 1.82) is 0 Å². The van der Waals surface area contributed by atoms with Crippen molar-refractivity contribution in [3.8, 4) is 0 Å². The van der Waals surface area contributed by atoms with Crippen LogP contribution in [0, 0.1) is 0 Å². The first-order valence-corrected chi connectivity index (χ1v) is 7.82. The molecule has 0 saturated carbocycles. The first-order valence-electron chi connectivity index (χ1n) is 7.82. The van der Waals surface area contributed by atoms with Crippen molar-refractivity contribution >= 4 is 17.2 Å². The van der Waals surface area contributed by atoms with Gasteiger partial charge >= 0.3 is 12.4 Å². The Hall–Kier alpha value is -3.34. The average molecular weight is 415 g/mol. The predicted molar refractivity (Wildman–Crippen MR) is 95.7 cm³/mol. The van der Waals surface area contributed by atoms with E-state index in [1.165, 1.54) is 42.9 Å². The molecule has 0 bridgehead atoms. The summed E-state index contributed by atoms with van der Waals surface area (Å²) in [5.74, 6) is 0.145. The number of halogens is 6. The quantitative estimate of drug-likeness (QED) is 0.414. The van der Waals surface area contributed by atoms with Crippen molar-refractivity contribution < 1.29 is 26.3 Å². The molecule has 3 aromatic rings. The summed E-state index contributed by atoms with van der Waals surface area (Å²) in [5.41, 5.74) is 0.925. The first-order chi connectivity index (χ1) is 13.1. The molecule has 0 amide bonds. The number of benzene rings is 2. The van der Waals surface area contributed by atoms with Crippen LogP contribution in [0.1, 0.15) is 11.1 Å². The second-order valence-electron chi connectivity index (χ2n) is 5.64. The van der Waals surface area contributed by atoms with Crippen LogP contribution in [0.4, 0.5) is 43.5 Å². The van der Waals surface area contributed by atoms with E-state index >= 15 is 0 Å². The first kappa shape index (κ1) is 22.0. The highest BCUT2D eigenvalue weighted by molar-refractivity contribution is 5.66. The molecule has 0 radical (unpaired) electrons. The molecular weight excluding hydrogens is 400 g/mol. The summed E-state index contributed by atoms with van der Waals surface area (Å²) in [7, 11) is 0. The van der Waals surface area contributed by atoms with Gasteiger partial charge in [-0.3, -0.25) is 5.43 Å². The molecule has 5 nitrogen and oxygen atoms in total. The highest BCUT2D eigenvalue weighted by Gasteiger charge is 2.32. The van der Waals surface area contributed by atoms with E-state index < -0.39 is 23.5 Å². The van der Waals surface area contributed by atoms with Crippen LogP contribution in [-0.4, -0.2) is 9.97 Å². The third-order valence-electron chi connectivity index (χ3n) is 3.66. The van der Waals surface area contributed by atoms with Crippen LogP contribution in [0.3, 0.4) is 0 Å². The van der Waals surface area contributed by atoms with Crippen molar-refractivity contribution in [1.82, 2.24) is 16.1 Å². The number of aromatic nitrogens is 2. The van der Waals surface area contributed by atoms with E-state index in [0.717, 1.165) is 29.3 Å². The van der Waals surface area contributed by atoms with Gasteiger partial charge in [0.05, 0.1) is 22.5 Å². The maximum absolute atomic E-state index is 13.1. The lowest BCUT2D eigenvalue weighted by Crippen LogP contribution is -2.26. The van der Waals surface area contributed by atoms with E-state index in [-0.39, 0.29) is 23.3 Å². The molecule has 0 fully saturated rings. The SMILES string of the molecule is FC(F)(F)c1cccc(NN(c2cccc(C(F)(F)F)c2)c2ccncn2)c1.N. The Labute approximate surface area is 161 Å². The Morgan fingerprint density at radius 1 is 0.793 bits per heavy atom. The second-order valence-corrected chi connectivity index (χ2v) is 5.64. The molecule has 154 valence electrons. The lowest BCUT2D eigenvalue weighted by Gasteiger charge is -2.26. The van der Waals surface area contributed by atoms with Gasteiger partial charge in [0.25, 0.3) is 0 Å². The fourth-order valence-electron chi connectivity index (χ4n) is 2.39. The van der Waals surface area contributed by atoms with Crippen molar-refractivity contribution in [2.45, 2.75) is 12.4 Å². The molecule has 0 spiro atoms. The Kier molecular flexibility index (Phi) is 6.32. The van der Waals surface area contributed by atoms with Gasteiger partial charge in [0, 0.05) is 12.3 Å². The number of nitrogens with one attached hydrogen (secondary N) is 1. The fourth-order valence-corrected chi connectivity index (χ4v) is 2.39. The molecule has 2 aromatic carbocycles. The third-order valence-corrected chi connectivity index (χ3v) is 3.66. The van der Waals surface area contributed by atoms with E-state index in [9.17, 15) is 26.3 Å². The molecule has 1 aromatic heterocycles. The molecule has 4 N–H and O–H groups in total. The average Bonchev–Trinajstić information content (AvgIpc) is 2.66. The van der Waals surface area contributed by atoms with Crippen molar-refractivity contribution in [3.05, 3.63) is 78.2 Å². The molecule has 0 unspecified atom stereocenters. The summed E-state index contributed by atoms with van der Waals surface area (Å²) in [6, 6.07) is 10.0. The molecule has 0 aliphatic rings. The number of rotatable bonds is 4. The fraction of sp³-hybridized carbons (Fsp3) is 0.111. The van der Waals surface area contributed by atoms with Gasteiger partial charge in [-0.25, -0.2) is 15.0 Å². The van der Waals surface area contributed by atoms with Crippen LogP contribution < -0.4 is 16.6 Å². The van der Waals surface area contributed by atoms with Crippen molar-refractivity contribution in [3.63, 3.8) is 0 Å². The van der Waals surface area contributed by atoms with E-state index in [1.807, 2.05) is 0 Å². The Bertz CT molecular complexity index is 943. The summed E-state index contributed by atoms with van der Waals surface area (Å²) in [4.78, 5) is 7.70. The van der Waals surface area contributed by atoms with Gasteiger partial charge in [-0.15, -0.1) is 0 Å². The van der Waals surface area contributed by atoms with Crippen LogP contribution >= 0.6 is 0 Å². The molecule has 1 heterocycles. The minimum Gasteiger partial charge on any atom is -0.344 e. The zero-order valence-electron chi connectivity index (χ0n) is 14.7. The van der Waals surface area contributed by atoms with Crippen LogP contribution in [0.5, 0.6) is 0 Å². The minimum absolute atomic E-state index is 0. The van der Waals surface area contributed by atoms with E-state index in [4.69, 9.17) is 0 Å². The van der Waals surface area contributed by atoms with E-state index in [0.29, 0.717) is 0 Å². The lowest BCUT2D eigenvalue weighted by molar-refractivity contribution is -0.138. The minimum atomic E-state index is -4.58. The van der Waals surface area contributed by atoms with Crippen LogP contribution in [0.25, 0.3) is 0 Å². The zero-order valence-corrected chi connectivity index (χ0v) is 14.7. The normalized spacial score (nSPS) is 11.5. The molecule has 0 atom stereocenters. The van der Waals surface area contributed by atoms with Crippen molar-refractivity contribution in [2.24, 2.45) is 0 Å². The summed E-state index contributed by atoms with van der Waals surface area (Å²) in [6.45, 7) is 0. The molecule has 0 aliphatic heterocycles. The number of anilines is 3. The Morgan fingerprint density at radius 3 is 2.00 bits per heavy atom. The van der Waals surface area contributed by atoms with Gasteiger partial charge in [0.2, 0.25) is 0 Å². The van der Waals surface area contributed by atoms with E-state index in [1.54, 1.807) is 0 Å². The molecule has 11 heteroatoms. The van der Waals surface area contributed by atoms with E-state index in [2.05, 4.69) is 15.4 Å². The molecule has 29 heavy (non-hydrogen) atoms.